The lowest BCUT2D eigenvalue weighted by Gasteiger charge is -2.06. The molecule has 2 aromatic carbocycles. The average molecular weight is 288 g/mol. The van der Waals surface area contributed by atoms with Crippen LogP contribution in [0.25, 0.3) is 0 Å². The zero-order valence-corrected chi connectivity index (χ0v) is 11.3. The number of benzene rings is 2. The average Bonchev–Trinajstić information content (AvgIpc) is 2.46. The van der Waals surface area contributed by atoms with Crippen LogP contribution in [-0.2, 0) is 6.54 Å². The number of nitrogens with zero attached hydrogens (tertiary/aromatic N) is 1. The second-order valence-electron chi connectivity index (χ2n) is 4.59. The highest BCUT2D eigenvalue weighted by molar-refractivity contribution is 5.98. The van der Waals surface area contributed by atoms with Gasteiger partial charge in [-0.3, -0.25) is 14.9 Å². The third kappa shape index (κ3) is 3.62. The summed E-state index contributed by atoms with van der Waals surface area (Å²) < 4.78 is 13.0. The van der Waals surface area contributed by atoms with E-state index in [9.17, 15) is 19.3 Å². The van der Waals surface area contributed by atoms with Crippen molar-refractivity contribution in [3.63, 3.8) is 0 Å². The minimum Gasteiger partial charge on any atom is -0.348 e. The number of carbonyl (C=O) groups is 1. The van der Waals surface area contributed by atoms with Crippen molar-refractivity contribution < 1.29 is 14.1 Å². The quantitative estimate of drug-likeness (QED) is 0.694. The molecule has 1 N–H and O–H groups in total. The SMILES string of the molecule is Cc1ccc(CNC(=O)c2ccc(F)cc2[N+](=O)[O-])cc1. The molecule has 0 heterocycles. The largest absolute Gasteiger partial charge is 0.348 e. The van der Waals surface area contributed by atoms with Crippen molar-refractivity contribution in [1.29, 1.82) is 0 Å². The molecule has 0 saturated carbocycles. The summed E-state index contributed by atoms with van der Waals surface area (Å²) in [6, 6.07) is 10.4. The van der Waals surface area contributed by atoms with Gasteiger partial charge < -0.3 is 5.32 Å². The first-order valence-corrected chi connectivity index (χ1v) is 6.25. The fraction of sp³-hybridized carbons (Fsp3) is 0.133. The molecule has 5 nitrogen and oxygen atoms in total. The van der Waals surface area contributed by atoms with Gasteiger partial charge in [-0.05, 0) is 24.6 Å². The Hall–Kier alpha value is -2.76. The highest BCUT2D eigenvalue weighted by Crippen LogP contribution is 2.19. The van der Waals surface area contributed by atoms with Crippen molar-refractivity contribution in [1.82, 2.24) is 5.32 Å². The van der Waals surface area contributed by atoms with Crippen LogP contribution in [0.15, 0.2) is 42.5 Å². The van der Waals surface area contributed by atoms with Crippen LogP contribution < -0.4 is 5.32 Å². The molecule has 0 aromatic heterocycles. The fourth-order valence-electron chi connectivity index (χ4n) is 1.83. The van der Waals surface area contributed by atoms with Gasteiger partial charge >= 0.3 is 0 Å². The molecule has 1 amide bonds. The van der Waals surface area contributed by atoms with E-state index >= 15 is 0 Å². The summed E-state index contributed by atoms with van der Waals surface area (Å²) in [5.41, 5.74) is 1.27. The molecule has 0 radical (unpaired) electrons. The van der Waals surface area contributed by atoms with Gasteiger partial charge in [0.2, 0.25) is 0 Å². The van der Waals surface area contributed by atoms with Gasteiger partial charge in [0, 0.05) is 6.54 Å². The van der Waals surface area contributed by atoms with E-state index < -0.39 is 22.3 Å². The number of carbonyl (C=O) groups excluding carboxylic acids is 1. The lowest BCUT2D eigenvalue weighted by atomic mass is 10.1. The zero-order valence-electron chi connectivity index (χ0n) is 11.3. The van der Waals surface area contributed by atoms with Gasteiger partial charge in [0.1, 0.15) is 11.4 Å². The van der Waals surface area contributed by atoms with Gasteiger partial charge in [0.05, 0.1) is 11.0 Å². The van der Waals surface area contributed by atoms with Gasteiger partial charge in [-0.25, -0.2) is 4.39 Å². The minimum atomic E-state index is -0.774. The van der Waals surface area contributed by atoms with Gasteiger partial charge in [-0.2, -0.15) is 0 Å². The van der Waals surface area contributed by atoms with Gasteiger partial charge in [-0.15, -0.1) is 0 Å². The van der Waals surface area contributed by atoms with Crippen molar-refractivity contribution in [2.75, 3.05) is 0 Å². The lowest BCUT2D eigenvalue weighted by Crippen LogP contribution is -2.23. The summed E-state index contributed by atoms with van der Waals surface area (Å²) in [7, 11) is 0. The first-order valence-electron chi connectivity index (χ1n) is 6.25. The lowest BCUT2D eigenvalue weighted by molar-refractivity contribution is -0.385. The number of hydrogen-bond donors (Lipinski definition) is 1. The minimum absolute atomic E-state index is 0.159. The zero-order chi connectivity index (χ0) is 15.4. The van der Waals surface area contributed by atoms with Crippen LogP contribution in [0.1, 0.15) is 21.5 Å². The van der Waals surface area contributed by atoms with E-state index in [4.69, 9.17) is 0 Å². The molecule has 0 unspecified atom stereocenters. The molecule has 108 valence electrons. The smallest absolute Gasteiger partial charge is 0.285 e. The molecule has 0 bridgehead atoms. The Balaban J connectivity index is 2.13. The number of amides is 1. The Morgan fingerprint density at radius 2 is 1.90 bits per heavy atom. The van der Waals surface area contributed by atoms with E-state index in [0.717, 1.165) is 29.3 Å². The number of nitrogens with one attached hydrogen (secondary N) is 1. The number of nitro benzene ring substituents is 1. The number of halogens is 1. The van der Waals surface area contributed by atoms with E-state index in [1.165, 1.54) is 0 Å². The normalized spacial score (nSPS) is 10.2. The Kier molecular flexibility index (Phi) is 4.27. The molecule has 2 aromatic rings. The molecule has 0 aliphatic rings. The Labute approximate surface area is 120 Å². The first kappa shape index (κ1) is 14.6. The predicted octanol–water partition coefficient (Wildman–Crippen LogP) is 2.97. The molecule has 2 rings (SSSR count). The second-order valence-corrected chi connectivity index (χ2v) is 4.59. The monoisotopic (exact) mass is 288 g/mol. The number of nitro groups is 1. The maximum absolute atomic E-state index is 13.0. The van der Waals surface area contributed by atoms with Gasteiger partial charge in [0.25, 0.3) is 11.6 Å². The number of aryl methyl sites for hydroxylation is 1. The van der Waals surface area contributed by atoms with E-state index in [2.05, 4.69) is 5.32 Å². The van der Waals surface area contributed by atoms with Crippen molar-refractivity contribution in [2.24, 2.45) is 0 Å². The third-order valence-electron chi connectivity index (χ3n) is 2.97. The summed E-state index contributed by atoms with van der Waals surface area (Å²) in [6.07, 6.45) is 0. The summed E-state index contributed by atoms with van der Waals surface area (Å²) in [5, 5.41) is 13.4. The van der Waals surface area contributed by atoms with Gasteiger partial charge in [-0.1, -0.05) is 29.8 Å². The predicted molar refractivity (Wildman–Crippen MR) is 75.4 cm³/mol. The Bertz CT molecular complexity index is 684. The molecule has 0 aliphatic heterocycles. The standard InChI is InChI=1S/C15H13FN2O3/c1-10-2-4-11(5-3-10)9-17-15(19)13-7-6-12(16)8-14(13)18(20)21/h2-8H,9H2,1H3,(H,17,19). The molecular weight excluding hydrogens is 275 g/mol. The second kappa shape index (κ2) is 6.13. The van der Waals surface area contributed by atoms with Crippen LogP contribution in [0.4, 0.5) is 10.1 Å². The van der Waals surface area contributed by atoms with Crippen LogP contribution in [-0.4, -0.2) is 10.8 Å². The van der Waals surface area contributed by atoms with Crippen molar-refractivity contribution in [3.05, 3.63) is 75.1 Å². The van der Waals surface area contributed by atoms with Crippen LogP contribution >= 0.6 is 0 Å². The molecule has 0 aliphatic carbocycles. The topological polar surface area (TPSA) is 72.2 Å². The first-order chi connectivity index (χ1) is 9.97. The summed E-state index contributed by atoms with van der Waals surface area (Å²) >= 11 is 0. The van der Waals surface area contributed by atoms with Gasteiger partial charge in [0.15, 0.2) is 0 Å². The molecule has 0 spiro atoms. The number of rotatable bonds is 4. The molecular formula is C15H13FN2O3. The fourth-order valence-corrected chi connectivity index (χ4v) is 1.83. The molecule has 0 fully saturated rings. The Morgan fingerprint density at radius 1 is 1.24 bits per heavy atom. The maximum atomic E-state index is 13.0. The summed E-state index contributed by atoms with van der Waals surface area (Å²) in [6.45, 7) is 2.19. The highest BCUT2D eigenvalue weighted by Gasteiger charge is 2.20. The molecule has 6 heteroatoms. The maximum Gasteiger partial charge on any atom is 0.285 e. The van der Waals surface area contributed by atoms with E-state index in [-0.39, 0.29) is 12.1 Å². The van der Waals surface area contributed by atoms with Crippen molar-refractivity contribution in [3.8, 4) is 0 Å². The van der Waals surface area contributed by atoms with Crippen molar-refractivity contribution >= 4 is 11.6 Å². The Morgan fingerprint density at radius 3 is 2.52 bits per heavy atom. The van der Waals surface area contributed by atoms with E-state index in [1.54, 1.807) is 0 Å². The van der Waals surface area contributed by atoms with Crippen LogP contribution in [0.5, 0.6) is 0 Å². The van der Waals surface area contributed by atoms with Crippen LogP contribution in [0.2, 0.25) is 0 Å². The van der Waals surface area contributed by atoms with Crippen LogP contribution in [0.3, 0.4) is 0 Å². The number of hydrogen-bond acceptors (Lipinski definition) is 3. The molecule has 21 heavy (non-hydrogen) atoms. The summed E-state index contributed by atoms with van der Waals surface area (Å²) in [5.74, 6) is -1.36. The molecule has 0 saturated heterocycles. The van der Waals surface area contributed by atoms with Crippen molar-refractivity contribution in [2.45, 2.75) is 13.5 Å². The van der Waals surface area contributed by atoms with Crippen LogP contribution in [0, 0.1) is 22.9 Å². The summed E-state index contributed by atoms with van der Waals surface area (Å²) in [4.78, 5) is 22.1. The highest BCUT2D eigenvalue weighted by atomic mass is 19.1. The van der Waals surface area contributed by atoms with E-state index in [1.807, 2.05) is 31.2 Å². The van der Waals surface area contributed by atoms with E-state index in [0.29, 0.717) is 0 Å². The molecule has 0 atom stereocenters. The third-order valence-corrected chi connectivity index (χ3v) is 2.97.